The molecule has 6 nitrogen and oxygen atoms in total. The summed E-state index contributed by atoms with van der Waals surface area (Å²) < 4.78 is 1.72. The van der Waals surface area contributed by atoms with Crippen LogP contribution in [0, 0.1) is 0 Å². The lowest BCUT2D eigenvalue weighted by atomic mass is 10.00. The summed E-state index contributed by atoms with van der Waals surface area (Å²) in [7, 11) is 0. The summed E-state index contributed by atoms with van der Waals surface area (Å²) in [5.74, 6) is 0.694. The molecule has 2 aromatic rings. The van der Waals surface area contributed by atoms with Crippen molar-refractivity contribution in [2.24, 2.45) is 4.99 Å². The second-order valence-electron chi connectivity index (χ2n) is 6.35. The minimum absolute atomic E-state index is 0.0334. The smallest absolute Gasteiger partial charge is 0.250 e. The van der Waals surface area contributed by atoms with Gasteiger partial charge in [-0.3, -0.25) is 4.79 Å². The zero-order valence-corrected chi connectivity index (χ0v) is 16.3. The number of rotatable bonds is 9. The number of unbranched alkanes of at least 4 members (excludes halogenated alkanes) is 1. The molecule has 0 amide bonds. The summed E-state index contributed by atoms with van der Waals surface area (Å²) in [6.07, 6.45) is 3.64. The van der Waals surface area contributed by atoms with E-state index in [1.165, 1.54) is 0 Å². The van der Waals surface area contributed by atoms with E-state index in [9.17, 15) is 9.90 Å². The van der Waals surface area contributed by atoms with E-state index in [0.29, 0.717) is 19.0 Å². The summed E-state index contributed by atoms with van der Waals surface area (Å²) in [5, 5.41) is 20.9. The van der Waals surface area contributed by atoms with Gasteiger partial charge in [-0.25, -0.2) is 4.99 Å². The predicted octanol–water partition coefficient (Wildman–Crippen LogP) is 2.15. The molecule has 7 heteroatoms. The number of aliphatic hydroxyl groups is 1. The molecule has 1 unspecified atom stereocenters. The zero-order valence-electron chi connectivity index (χ0n) is 15.4. The Morgan fingerprint density at radius 2 is 2.15 bits per heavy atom. The van der Waals surface area contributed by atoms with Crippen LogP contribution in [0.5, 0.6) is 0 Å². The zero-order chi connectivity index (χ0) is 18.8. The summed E-state index contributed by atoms with van der Waals surface area (Å²) in [4.78, 5) is 16.2. The van der Waals surface area contributed by atoms with Crippen molar-refractivity contribution in [1.29, 1.82) is 0 Å². The molecular formula is C19H28N4O2S. The number of aryl methyl sites for hydroxylation is 1. The lowest BCUT2D eigenvalue weighted by Crippen LogP contribution is -2.39. The van der Waals surface area contributed by atoms with Crippen molar-refractivity contribution in [3.63, 3.8) is 0 Å². The van der Waals surface area contributed by atoms with Crippen molar-refractivity contribution in [3.8, 4) is 0 Å². The van der Waals surface area contributed by atoms with Gasteiger partial charge in [0.2, 0.25) is 5.56 Å². The van der Waals surface area contributed by atoms with Crippen LogP contribution < -0.4 is 16.2 Å². The van der Waals surface area contributed by atoms with Gasteiger partial charge in [0.15, 0.2) is 5.96 Å². The van der Waals surface area contributed by atoms with E-state index in [-0.39, 0.29) is 5.56 Å². The van der Waals surface area contributed by atoms with Crippen LogP contribution in [-0.2, 0) is 12.1 Å². The van der Waals surface area contributed by atoms with Crippen LogP contribution in [0.4, 0.5) is 0 Å². The van der Waals surface area contributed by atoms with Gasteiger partial charge in [0, 0.05) is 31.9 Å². The second-order valence-corrected chi connectivity index (χ2v) is 7.13. The quantitative estimate of drug-likeness (QED) is 0.356. The molecule has 0 saturated heterocycles. The van der Waals surface area contributed by atoms with Gasteiger partial charge in [0.25, 0.3) is 0 Å². The van der Waals surface area contributed by atoms with Crippen LogP contribution in [-0.4, -0.2) is 35.3 Å². The van der Waals surface area contributed by atoms with Crippen molar-refractivity contribution < 1.29 is 5.11 Å². The largest absolute Gasteiger partial charge is 0.383 e. The highest BCUT2D eigenvalue weighted by Crippen LogP contribution is 2.23. The molecule has 0 aliphatic heterocycles. The minimum atomic E-state index is -0.975. The van der Waals surface area contributed by atoms with Crippen LogP contribution in [0.25, 0.3) is 0 Å². The average molecular weight is 377 g/mol. The molecule has 1 atom stereocenters. The number of guanidine groups is 1. The molecule has 0 aliphatic rings. The molecule has 0 aromatic carbocycles. The number of hydrogen-bond acceptors (Lipinski definition) is 4. The van der Waals surface area contributed by atoms with Crippen molar-refractivity contribution in [1.82, 2.24) is 15.2 Å². The van der Waals surface area contributed by atoms with E-state index in [4.69, 9.17) is 0 Å². The number of nitrogens with zero attached hydrogens (tertiary/aromatic N) is 2. The first-order valence-electron chi connectivity index (χ1n) is 8.95. The summed E-state index contributed by atoms with van der Waals surface area (Å²) >= 11 is 1.57. The fourth-order valence-electron chi connectivity index (χ4n) is 2.50. The van der Waals surface area contributed by atoms with E-state index in [2.05, 4.69) is 15.6 Å². The van der Waals surface area contributed by atoms with Crippen molar-refractivity contribution >= 4 is 17.3 Å². The summed E-state index contributed by atoms with van der Waals surface area (Å²) in [6, 6.07) is 7.12. The molecule has 26 heavy (non-hydrogen) atoms. The predicted molar refractivity (Wildman–Crippen MR) is 108 cm³/mol. The average Bonchev–Trinajstić information content (AvgIpc) is 3.16. The maximum absolute atomic E-state index is 11.6. The second kappa shape index (κ2) is 10.1. The van der Waals surface area contributed by atoms with Crippen molar-refractivity contribution in [2.75, 3.05) is 19.6 Å². The van der Waals surface area contributed by atoms with Crippen molar-refractivity contribution in [3.05, 3.63) is 57.1 Å². The highest BCUT2D eigenvalue weighted by Gasteiger charge is 2.23. The highest BCUT2D eigenvalue weighted by molar-refractivity contribution is 7.08. The maximum Gasteiger partial charge on any atom is 0.250 e. The third kappa shape index (κ3) is 6.31. The third-order valence-electron chi connectivity index (χ3n) is 4.05. The number of hydrogen-bond donors (Lipinski definition) is 3. The van der Waals surface area contributed by atoms with Gasteiger partial charge in [-0.1, -0.05) is 6.07 Å². The molecule has 0 bridgehead atoms. The normalized spacial score (nSPS) is 14.0. The SMILES string of the molecule is CCNC(=NCC(C)(O)c1ccsc1)NCCCCn1ccccc1=O. The molecular weight excluding hydrogens is 348 g/mol. The molecule has 0 aliphatic carbocycles. The number of pyridine rings is 1. The number of aliphatic imine (C=N–C) groups is 1. The van der Waals surface area contributed by atoms with E-state index in [1.807, 2.05) is 36.0 Å². The molecule has 0 fully saturated rings. The van der Waals surface area contributed by atoms with E-state index < -0.39 is 5.60 Å². The molecule has 2 heterocycles. The molecule has 0 radical (unpaired) electrons. The van der Waals surface area contributed by atoms with Gasteiger partial charge in [-0.05, 0) is 55.1 Å². The van der Waals surface area contributed by atoms with E-state index in [1.54, 1.807) is 35.0 Å². The van der Waals surface area contributed by atoms with Gasteiger partial charge in [-0.15, -0.1) is 0 Å². The standard InChI is InChI=1S/C19H28N4O2S/c1-3-20-18(22-15-19(2,25)16-9-13-26-14-16)21-10-5-7-12-23-11-6-4-8-17(23)24/h4,6,8-9,11,13-14,25H,3,5,7,10,12,15H2,1-2H3,(H2,20,21,22). The van der Waals surface area contributed by atoms with Gasteiger partial charge in [0.1, 0.15) is 5.60 Å². The van der Waals surface area contributed by atoms with Crippen molar-refractivity contribution in [2.45, 2.75) is 38.8 Å². The Hall–Kier alpha value is -2.12. The minimum Gasteiger partial charge on any atom is -0.383 e. The van der Waals surface area contributed by atoms with E-state index in [0.717, 1.165) is 31.5 Å². The molecule has 0 saturated carbocycles. The van der Waals surface area contributed by atoms with E-state index >= 15 is 0 Å². The van der Waals surface area contributed by atoms with Crippen LogP contribution in [0.15, 0.2) is 51.0 Å². The van der Waals surface area contributed by atoms with Crippen LogP contribution in [0.2, 0.25) is 0 Å². The number of aromatic nitrogens is 1. The van der Waals surface area contributed by atoms with Gasteiger partial charge >= 0.3 is 0 Å². The lowest BCUT2D eigenvalue weighted by molar-refractivity contribution is 0.0677. The van der Waals surface area contributed by atoms with Gasteiger partial charge < -0.3 is 20.3 Å². The monoisotopic (exact) mass is 376 g/mol. The topological polar surface area (TPSA) is 78.7 Å². The van der Waals surface area contributed by atoms with Gasteiger partial charge in [-0.2, -0.15) is 11.3 Å². The first kappa shape index (κ1) is 20.2. The first-order valence-corrected chi connectivity index (χ1v) is 9.90. The lowest BCUT2D eigenvalue weighted by Gasteiger charge is -2.21. The molecule has 2 rings (SSSR count). The van der Waals surface area contributed by atoms with Gasteiger partial charge in [0.05, 0.1) is 6.54 Å². The third-order valence-corrected chi connectivity index (χ3v) is 4.73. The molecule has 142 valence electrons. The first-order chi connectivity index (χ1) is 12.5. The Bertz CT molecular complexity index is 738. The Morgan fingerprint density at radius 3 is 2.85 bits per heavy atom. The summed E-state index contributed by atoms with van der Waals surface area (Å²) in [5.41, 5.74) is -0.0574. The summed E-state index contributed by atoms with van der Waals surface area (Å²) in [6.45, 7) is 6.30. The number of thiophene rings is 1. The fourth-order valence-corrected chi connectivity index (χ4v) is 3.28. The Balaban J connectivity index is 1.78. The number of nitrogens with one attached hydrogen (secondary N) is 2. The molecule has 2 aromatic heterocycles. The highest BCUT2D eigenvalue weighted by atomic mass is 32.1. The Labute approximate surface area is 158 Å². The Morgan fingerprint density at radius 1 is 1.31 bits per heavy atom. The molecule has 0 spiro atoms. The maximum atomic E-state index is 11.6. The van der Waals surface area contributed by atoms with Crippen LogP contribution >= 0.6 is 11.3 Å². The fraction of sp³-hybridized carbons (Fsp3) is 0.474. The molecule has 3 N–H and O–H groups in total. The van der Waals surface area contributed by atoms with Crippen LogP contribution in [0.1, 0.15) is 32.3 Å². The van der Waals surface area contributed by atoms with Crippen LogP contribution in [0.3, 0.4) is 0 Å². The Kier molecular flexibility index (Phi) is 7.87.